The van der Waals surface area contributed by atoms with Gasteiger partial charge in [-0.05, 0) is 12.8 Å². The average Bonchev–Trinajstić information content (AvgIpc) is 2.53. The second kappa shape index (κ2) is 7.25. The summed E-state index contributed by atoms with van der Waals surface area (Å²) in [5.74, 6) is -0.542. The highest BCUT2D eigenvalue weighted by molar-refractivity contribution is 5.75. The third-order valence-corrected chi connectivity index (χ3v) is 3.66. The number of benzene rings is 1. The van der Waals surface area contributed by atoms with E-state index in [2.05, 4.69) is 4.98 Å². The minimum absolute atomic E-state index is 0.0271. The molecule has 0 spiro atoms. The van der Waals surface area contributed by atoms with E-state index < -0.39 is 22.9 Å². The Bertz CT molecular complexity index is 886. The molecule has 2 aromatic rings. The van der Waals surface area contributed by atoms with Crippen LogP contribution in [0.2, 0.25) is 0 Å². The fraction of sp³-hybridized carbons (Fsp3) is 0.353. The van der Waals surface area contributed by atoms with E-state index in [1.165, 1.54) is 22.8 Å². The highest BCUT2D eigenvalue weighted by atomic mass is 16.6. The van der Waals surface area contributed by atoms with E-state index in [0.717, 1.165) is 0 Å². The molecule has 1 aromatic carbocycles. The third-order valence-electron chi connectivity index (χ3n) is 3.66. The molecule has 0 radical (unpaired) electrons. The van der Waals surface area contributed by atoms with Crippen molar-refractivity contribution in [2.75, 3.05) is 0 Å². The summed E-state index contributed by atoms with van der Waals surface area (Å²) >= 11 is 0. The molecule has 0 amide bonds. The standard InChI is InChI=1S/C17H19N3O5/c1-10(2)9-19-11(3)18-16(14(17(19)23)8-15(21)22)12-5-4-6-13(7-12)20(24)25/h4-7,10H,8-9H2,1-3H3,(H,21,22). The Labute approximate surface area is 143 Å². The van der Waals surface area contributed by atoms with Crippen molar-refractivity contribution in [1.82, 2.24) is 9.55 Å². The first kappa shape index (κ1) is 18.3. The molecular formula is C17H19N3O5. The van der Waals surface area contributed by atoms with Crippen LogP contribution in [0.15, 0.2) is 29.1 Å². The van der Waals surface area contributed by atoms with Gasteiger partial charge in [0.1, 0.15) is 5.82 Å². The molecule has 1 aromatic heterocycles. The second-order valence-corrected chi connectivity index (χ2v) is 6.17. The van der Waals surface area contributed by atoms with Gasteiger partial charge in [0.05, 0.1) is 22.6 Å². The molecular weight excluding hydrogens is 326 g/mol. The van der Waals surface area contributed by atoms with Gasteiger partial charge in [-0.25, -0.2) is 4.98 Å². The van der Waals surface area contributed by atoms with Gasteiger partial charge < -0.3 is 5.11 Å². The van der Waals surface area contributed by atoms with Gasteiger partial charge in [0.25, 0.3) is 11.2 Å². The first-order valence-corrected chi connectivity index (χ1v) is 7.77. The van der Waals surface area contributed by atoms with Crippen LogP contribution in [0, 0.1) is 23.0 Å². The number of rotatable bonds is 6. The molecule has 1 heterocycles. The third kappa shape index (κ3) is 4.09. The number of carbonyl (C=O) groups is 1. The van der Waals surface area contributed by atoms with Crippen LogP contribution >= 0.6 is 0 Å². The minimum atomic E-state index is -1.16. The van der Waals surface area contributed by atoms with E-state index in [1.807, 2.05) is 13.8 Å². The summed E-state index contributed by atoms with van der Waals surface area (Å²) in [5.41, 5.74) is -0.0232. The Morgan fingerprint density at radius 3 is 2.64 bits per heavy atom. The van der Waals surface area contributed by atoms with Crippen LogP contribution < -0.4 is 5.56 Å². The van der Waals surface area contributed by atoms with E-state index in [4.69, 9.17) is 5.11 Å². The van der Waals surface area contributed by atoms with Crippen LogP contribution in [0.4, 0.5) is 5.69 Å². The fourth-order valence-corrected chi connectivity index (χ4v) is 2.60. The first-order valence-electron chi connectivity index (χ1n) is 7.77. The maximum Gasteiger partial charge on any atom is 0.308 e. The number of aryl methyl sites for hydroxylation is 1. The Balaban J connectivity index is 2.72. The summed E-state index contributed by atoms with van der Waals surface area (Å²) in [5, 5.41) is 20.1. The van der Waals surface area contributed by atoms with Crippen LogP contribution in [0.3, 0.4) is 0 Å². The van der Waals surface area contributed by atoms with Crippen LogP contribution in [0.1, 0.15) is 25.2 Å². The molecule has 0 bridgehead atoms. The van der Waals surface area contributed by atoms with Crippen molar-refractivity contribution >= 4 is 11.7 Å². The molecule has 25 heavy (non-hydrogen) atoms. The molecule has 132 valence electrons. The zero-order valence-electron chi connectivity index (χ0n) is 14.2. The normalized spacial score (nSPS) is 10.9. The van der Waals surface area contributed by atoms with Gasteiger partial charge in [-0.2, -0.15) is 0 Å². The zero-order chi connectivity index (χ0) is 18.7. The summed E-state index contributed by atoms with van der Waals surface area (Å²) in [4.78, 5) is 38.8. The van der Waals surface area contributed by atoms with Crippen molar-refractivity contribution in [3.63, 3.8) is 0 Å². The fourth-order valence-electron chi connectivity index (χ4n) is 2.60. The number of hydrogen-bond acceptors (Lipinski definition) is 5. The molecule has 2 rings (SSSR count). The Hall–Kier alpha value is -3.03. The van der Waals surface area contributed by atoms with Gasteiger partial charge in [-0.1, -0.05) is 26.0 Å². The molecule has 8 nitrogen and oxygen atoms in total. The average molecular weight is 345 g/mol. The van der Waals surface area contributed by atoms with E-state index in [9.17, 15) is 19.7 Å². The molecule has 8 heteroatoms. The predicted octanol–water partition coefficient (Wildman–Crippen LogP) is 2.41. The Morgan fingerprint density at radius 2 is 2.08 bits per heavy atom. The van der Waals surface area contributed by atoms with Crippen molar-refractivity contribution in [1.29, 1.82) is 0 Å². The predicted molar refractivity (Wildman–Crippen MR) is 91.5 cm³/mol. The van der Waals surface area contributed by atoms with Gasteiger partial charge in [0.2, 0.25) is 0 Å². The largest absolute Gasteiger partial charge is 0.481 e. The molecule has 0 atom stereocenters. The summed E-state index contributed by atoms with van der Waals surface area (Å²) in [6, 6.07) is 5.67. The number of nitrogens with zero attached hydrogens (tertiary/aromatic N) is 3. The van der Waals surface area contributed by atoms with Gasteiger partial charge >= 0.3 is 5.97 Å². The van der Waals surface area contributed by atoms with E-state index in [1.54, 1.807) is 13.0 Å². The number of nitro benzene ring substituents is 1. The molecule has 0 saturated carbocycles. The second-order valence-electron chi connectivity index (χ2n) is 6.17. The van der Waals surface area contributed by atoms with E-state index in [-0.39, 0.29) is 22.9 Å². The maximum absolute atomic E-state index is 12.8. The molecule has 0 aliphatic rings. The van der Waals surface area contributed by atoms with Gasteiger partial charge in [0, 0.05) is 24.2 Å². The van der Waals surface area contributed by atoms with E-state index in [0.29, 0.717) is 17.9 Å². The Kier molecular flexibility index (Phi) is 5.31. The lowest BCUT2D eigenvalue weighted by Crippen LogP contribution is -2.30. The van der Waals surface area contributed by atoms with Crippen molar-refractivity contribution in [3.8, 4) is 11.3 Å². The van der Waals surface area contributed by atoms with Gasteiger partial charge in [0.15, 0.2) is 0 Å². The van der Waals surface area contributed by atoms with Crippen molar-refractivity contribution in [3.05, 3.63) is 56.1 Å². The van der Waals surface area contributed by atoms with Crippen LogP contribution in [-0.4, -0.2) is 25.6 Å². The molecule has 1 N–H and O–H groups in total. The number of aliphatic carboxylic acids is 1. The van der Waals surface area contributed by atoms with E-state index >= 15 is 0 Å². The summed E-state index contributed by atoms with van der Waals surface area (Å²) in [6.45, 7) is 5.96. The minimum Gasteiger partial charge on any atom is -0.481 e. The number of carboxylic acids is 1. The lowest BCUT2D eigenvalue weighted by Gasteiger charge is -2.16. The SMILES string of the molecule is Cc1nc(-c2cccc([N+](=O)[O-])c2)c(CC(=O)O)c(=O)n1CC(C)C. The van der Waals surface area contributed by atoms with Crippen molar-refractivity contribution in [2.24, 2.45) is 5.92 Å². The van der Waals surface area contributed by atoms with Gasteiger partial charge in [-0.15, -0.1) is 0 Å². The number of carboxylic acid groups (broad SMARTS) is 1. The molecule has 0 aliphatic carbocycles. The molecule has 0 saturated heterocycles. The zero-order valence-corrected chi connectivity index (χ0v) is 14.2. The smallest absolute Gasteiger partial charge is 0.308 e. The Morgan fingerprint density at radius 1 is 1.40 bits per heavy atom. The lowest BCUT2D eigenvalue weighted by molar-refractivity contribution is -0.384. The summed E-state index contributed by atoms with van der Waals surface area (Å²) in [7, 11) is 0. The highest BCUT2D eigenvalue weighted by Gasteiger charge is 2.20. The van der Waals surface area contributed by atoms with Crippen LogP contribution in [-0.2, 0) is 17.8 Å². The molecule has 0 unspecified atom stereocenters. The van der Waals surface area contributed by atoms with Crippen LogP contribution in [0.5, 0.6) is 0 Å². The summed E-state index contributed by atoms with van der Waals surface area (Å²) < 4.78 is 1.45. The first-order chi connectivity index (χ1) is 11.7. The topological polar surface area (TPSA) is 115 Å². The summed E-state index contributed by atoms with van der Waals surface area (Å²) in [6.07, 6.45) is -0.498. The molecule has 0 aliphatic heterocycles. The highest BCUT2D eigenvalue weighted by Crippen LogP contribution is 2.24. The number of hydrogen-bond donors (Lipinski definition) is 1. The molecule has 0 fully saturated rings. The monoisotopic (exact) mass is 345 g/mol. The number of nitro groups is 1. The van der Waals surface area contributed by atoms with Crippen molar-refractivity contribution < 1.29 is 14.8 Å². The quantitative estimate of drug-likeness (QED) is 0.635. The number of aromatic nitrogens is 2. The number of non-ortho nitro benzene ring substituents is 1. The van der Waals surface area contributed by atoms with Crippen LogP contribution in [0.25, 0.3) is 11.3 Å². The van der Waals surface area contributed by atoms with Gasteiger partial charge in [-0.3, -0.25) is 24.3 Å². The maximum atomic E-state index is 12.8. The lowest BCUT2D eigenvalue weighted by atomic mass is 10.0. The van der Waals surface area contributed by atoms with Crippen molar-refractivity contribution in [2.45, 2.75) is 33.7 Å².